The molecule has 0 aromatic heterocycles. The minimum Gasteiger partial charge on any atom is -0.386 e. The third kappa shape index (κ3) is 4.51. The molecule has 0 saturated carbocycles. The molecule has 6 nitrogen and oxygen atoms in total. The van der Waals surface area contributed by atoms with Gasteiger partial charge >= 0.3 is 11.8 Å². The van der Waals surface area contributed by atoms with Crippen LogP contribution in [0.2, 0.25) is 0 Å². The maximum atomic E-state index is 12.7. The van der Waals surface area contributed by atoms with Gasteiger partial charge in [0.25, 0.3) is 0 Å². The van der Waals surface area contributed by atoms with E-state index >= 15 is 0 Å². The summed E-state index contributed by atoms with van der Waals surface area (Å²) in [6.45, 7) is 0.670. The average Bonchev–Trinajstić information content (AvgIpc) is 2.91. The first-order valence-electron chi connectivity index (χ1n) is 6.59. The Balaban J connectivity index is 1.74. The molecule has 0 bridgehead atoms. The summed E-state index contributed by atoms with van der Waals surface area (Å²) in [5.74, 6) is -1.99. The molecular formula is C14H17FN2O4. The molecule has 1 aliphatic heterocycles. The minimum absolute atomic E-state index is 0.0319. The van der Waals surface area contributed by atoms with E-state index in [1.54, 1.807) is 0 Å². The van der Waals surface area contributed by atoms with Crippen molar-refractivity contribution in [3.8, 4) is 0 Å². The van der Waals surface area contributed by atoms with Crippen LogP contribution >= 0.6 is 0 Å². The first-order valence-corrected chi connectivity index (χ1v) is 6.59. The van der Waals surface area contributed by atoms with E-state index in [0.717, 1.165) is 0 Å². The highest BCUT2D eigenvalue weighted by molar-refractivity contribution is 6.35. The van der Waals surface area contributed by atoms with E-state index in [1.165, 1.54) is 24.3 Å². The number of aliphatic hydroxyl groups is 1. The number of rotatable bonds is 4. The Bertz CT molecular complexity index is 512. The van der Waals surface area contributed by atoms with E-state index < -0.39 is 17.4 Å². The number of ether oxygens (including phenoxy) is 1. The van der Waals surface area contributed by atoms with Crippen LogP contribution < -0.4 is 10.6 Å². The lowest BCUT2D eigenvalue weighted by atomic mass is 10.0. The average molecular weight is 296 g/mol. The van der Waals surface area contributed by atoms with Crippen LogP contribution in [0.1, 0.15) is 12.0 Å². The summed E-state index contributed by atoms with van der Waals surface area (Å²) in [5, 5.41) is 14.7. The lowest BCUT2D eigenvalue weighted by molar-refractivity contribution is -0.139. The Morgan fingerprint density at radius 1 is 1.24 bits per heavy atom. The summed E-state index contributed by atoms with van der Waals surface area (Å²) < 4.78 is 17.7. The zero-order valence-electron chi connectivity index (χ0n) is 11.4. The van der Waals surface area contributed by atoms with E-state index in [0.29, 0.717) is 18.6 Å². The number of benzene rings is 1. The van der Waals surface area contributed by atoms with Crippen LogP contribution in [0.5, 0.6) is 0 Å². The van der Waals surface area contributed by atoms with Crippen LogP contribution in [0.25, 0.3) is 0 Å². The van der Waals surface area contributed by atoms with E-state index in [9.17, 15) is 19.1 Å². The zero-order valence-corrected chi connectivity index (χ0v) is 11.4. The molecular weight excluding hydrogens is 279 g/mol. The quantitative estimate of drug-likeness (QED) is 0.666. The molecule has 2 rings (SSSR count). The van der Waals surface area contributed by atoms with E-state index in [4.69, 9.17) is 4.74 Å². The standard InChI is InChI=1S/C14H17FN2O4/c15-11-3-1-10(2-4-11)7-16-12(18)13(19)17-8-14(20)5-6-21-9-14/h1-4,20H,5-9H2,(H,16,18)(H,17,19)/t14-/m0/s1. The fourth-order valence-corrected chi connectivity index (χ4v) is 1.93. The van der Waals surface area contributed by atoms with Gasteiger partial charge < -0.3 is 20.5 Å². The molecule has 1 aliphatic rings. The van der Waals surface area contributed by atoms with Crippen LogP contribution in [0.15, 0.2) is 24.3 Å². The van der Waals surface area contributed by atoms with Crippen LogP contribution in [-0.4, -0.2) is 42.3 Å². The van der Waals surface area contributed by atoms with E-state index in [2.05, 4.69) is 10.6 Å². The number of hydrogen-bond acceptors (Lipinski definition) is 4. The van der Waals surface area contributed by atoms with Gasteiger partial charge in [-0.3, -0.25) is 9.59 Å². The predicted molar refractivity (Wildman–Crippen MR) is 71.6 cm³/mol. The van der Waals surface area contributed by atoms with Crippen molar-refractivity contribution in [1.82, 2.24) is 10.6 Å². The van der Waals surface area contributed by atoms with Gasteiger partial charge in [-0.15, -0.1) is 0 Å². The number of carbonyl (C=O) groups is 2. The topological polar surface area (TPSA) is 87.7 Å². The van der Waals surface area contributed by atoms with Crippen LogP contribution in [0, 0.1) is 5.82 Å². The Morgan fingerprint density at radius 3 is 2.52 bits per heavy atom. The number of amides is 2. The van der Waals surface area contributed by atoms with Crippen molar-refractivity contribution in [1.29, 1.82) is 0 Å². The molecule has 114 valence electrons. The monoisotopic (exact) mass is 296 g/mol. The molecule has 0 radical (unpaired) electrons. The summed E-state index contributed by atoms with van der Waals surface area (Å²) >= 11 is 0. The summed E-state index contributed by atoms with van der Waals surface area (Å²) in [5.41, 5.74) is -0.423. The van der Waals surface area contributed by atoms with Gasteiger partial charge in [0.05, 0.1) is 6.61 Å². The van der Waals surface area contributed by atoms with Crippen LogP contribution in [-0.2, 0) is 20.9 Å². The van der Waals surface area contributed by atoms with Crippen LogP contribution in [0.4, 0.5) is 4.39 Å². The highest BCUT2D eigenvalue weighted by Crippen LogP contribution is 2.16. The largest absolute Gasteiger partial charge is 0.386 e. The van der Waals surface area contributed by atoms with Crippen molar-refractivity contribution in [3.63, 3.8) is 0 Å². The fraction of sp³-hybridized carbons (Fsp3) is 0.429. The van der Waals surface area contributed by atoms with Gasteiger partial charge in [-0.1, -0.05) is 12.1 Å². The van der Waals surface area contributed by atoms with Gasteiger partial charge in [-0.25, -0.2) is 4.39 Å². The molecule has 3 N–H and O–H groups in total. The van der Waals surface area contributed by atoms with Gasteiger partial charge in [-0.05, 0) is 17.7 Å². The number of hydrogen-bond donors (Lipinski definition) is 3. The highest BCUT2D eigenvalue weighted by atomic mass is 19.1. The zero-order chi connectivity index (χ0) is 15.3. The predicted octanol–water partition coefficient (Wildman–Crippen LogP) is -0.291. The van der Waals surface area contributed by atoms with Crippen LogP contribution in [0.3, 0.4) is 0 Å². The van der Waals surface area contributed by atoms with Crippen molar-refractivity contribution in [2.24, 2.45) is 0 Å². The van der Waals surface area contributed by atoms with Gasteiger partial charge in [0.15, 0.2) is 0 Å². The first kappa shape index (κ1) is 15.4. The molecule has 1 atom stereocenters. The molecule has 0 spiro atoms. The normalized spacial score (nSPS) is 21.0. The van der Waals surface area contributed by atoms with Crippen molar-refractivity contribution in [2.75, 3.05) is 19.8 Å². The maximum absolute atomic E-state index is 12.7. The van der Waals surface area contributed by atoms with Gasteiger partial charge in [-0.2, -0.15) is 0 Å². The lowest BCUT2D eigenvalue weighted by Gasteiger charge is -2.20. The SMILES string of the molecule is O=C(NCc1ccc(F)cc1)C(=O)NC[C@@]1(O)CCOC1. The molecule has 2 amide bonds. The molecule has 0 aliphatic carbocycles. The Morgan fingerprint density at radius 2 is 1.90 bits per heavy atom. The Labute approximate surface area is 121 Å². The third-order valence-corrected chi connectivity index (χ3v) is 3.23. The molecule has 1 fully saturated rings. The van der Waals surface area contributed by atoms with Crippen molar-refractivity contribution >= 4 is 11.8 Å². The van der Waals surface area contributed by atoms with Crippen molar-refractivity contribution < 1.29 is 23.8 Å². The molecule has 7 heteroatoms. The summed E-state index contributed by atoms with van der Waals surface area (Å²) in [4.78, 5) is 23.2. The maximum Gasteiger partial charge on any atom is 0.309 e. The summed E-state index contributed by atoms with van der Waals surface area (Å²) in [6.07, 6.45) is 0.421. The summed E-state index contributed by atoms with van der Waals surface area (Å²) in [6, 6.07) is 5.59. The van der Waals surface area contributed by atoms with E-state index in [-0.39, 0.29) is 25.5 Å². The second-order valence-electron chi connectivity index (χ2n) is 5.02. The summed E-state index contributed by atoms with van der Waals surface area (Å²) in [7, 11) is 0. The Kier molecular flexibility index (Phi) is 4.87. The molecule has 1 aromatic rings. The van der Waals surface area contributed by atoms with E-state index in [1.807, 2.05) is 0 Å². The third-order valence-electron chi connectivity index (χ3n) is 3.23. The van der Waals surface area contributed by atoms with Gasteiger partial charge in [0.2, 0.25) is 0 Å². The molecule has 1 saturated heterocycles. The number of halogens is 1. The van der Waals surface area contributed by atoms with Crippen molar-refractivity contribution in [2.45, 2.75) is 18.6 Å². The fourth-order valence-electron chi connectivity index (χ4n) is 1.93. The first-order chi connectivity index (χ1) is 9.98. The lowest BCUT2D eigenvalue weighted by Crippen LogP contribution is -2.47. The molecule has 1 aromatic carbocycles. The molecule has 21 heavy (non-hydrogen) atoms. The Hall–Kier alpha value is -1.99. The number of nitrogens with one attached hydrogen (secondary N) is 2. The minimum atomic E-state index is -1.10. The second kappa shape index (κ2) is 6.64. The molecule has 1 heterocycles. The van der Waals surface area contributed by atoms with Gasteiger partial charge in [0.1, 0.15) is 11.4 Å². The molecule has 0 unspecified atom stereocenters. The van der Waals surface area contributed by atoms with Crippen molar-refractivity contribution in [3.05, 3.63) is 35.6 Å². The smallest absolute Gasteiger partial charge is 0.309 e. The second-order valence-corrected chi connectivity index (χ2v) is 5.02. The highest BCUT2D eigenvalue weighted by Gasteiger charge is 2.33. The van der Waals surface area contributed by atoms with Gasteiger partial charge in [0, 0.05) is 26.1 Å². The number of carbonyl (C=O) groups excluding carboxylic acids is 2.